The Labute approximate surface area is 113 Å². The number of thioether (sulfide) groups is 1. The van der Waals surface area contributed by atoms with Crippen LogP contribution in [0.15, 0.2) is 24.3 Å². The maximum Gasteiger partial charge on any atom is 0.123 e. The van der Waals surface area contributed by atoms with Crippen molar-refractivity contribution in [3.63, 3.8) is 0 Å². The lowest BCUT2D eigenvalue weighted by atomic mass is 10.0. The molecule has 0 spiro atoms. The van der Waals surface area contributed by atoms with E-state index in [0.717, 1.165) is 36.5 Å². The first kappa shape index (κ1) is 15.5. The minimum absolute atomic E-state index is 0.187. The van der Waals surface area contributed by atoms with Crippen molar-refractivity contribution in [2.24, 2.45) is 0 Å². The molecule has 0 heterocycles. The molecule has 1 unspecified atom stereocenters. The first-order valence-corrected chi connectivity index (χ1v) is 7.60. The van der Waals surface area contributed by atoms with Crippen molar-refractivity contribution < 1.29 is 9.50 Å². The normalized spacial score (nSPS) is 12.6. The Morgan fingerprint density at radius 3 is 2.61 bits per heavy atom. The molecule has 0 aliphatic carbocycles. The van der Waals surface area contributed by atoms with Crippen LogP contribution in [0.4, 0.5) is 4.39 Å². The van der Waals surface area contributed by atoms with E-state index >= 15 is 0 Å². The van der Waals surface area contributed by atoms with Crippen LogP contribution < -0.4 is 5.32 Å². The zero-order valence-electron chi connectivity index (χ0n) is 10.9. The second-order valence-electron chi connectivity index (χ2n) is 4.16. The molecule has 0 amide bonds. The van der Waals surface area contributed by atoms with Crippen LogP contribution in [-0.2, 0) is 0 Å². The van der Waals surface area contributed by atoms with Gasteiger partial charge in [0.2, 0.25) is 0 Å². The predicted octanol–water partition coefficient (Wildman–Crippen LogP) is 2.98. The topological polar surface area (TPSA) is 32.3 Å². The van der Waals surface area contributed by atoms with Crippen molar-refractivity contribution in [2.75, 3.05) is 24.7 Å². The smallest absolute Gasteiger partial charge is 0.123 e. The van der Waals surface area contributed by atoms with Crippen molar-refractivity contribution >= 4 is 11.8 Å². The predicted molar refractivity (Wildman–Crippen MR) is 76.5 cm³/mol. The van der Waals surface area contributed by atoms with Crippen LogP contribution >= 0.6 is 11.8 Å². The van der Waals surface area contributed by atoms with Crippen molar-refractivity contribution in [3.8, 4) is 0 Å². The third-order valence-electron chi connectivity index (χ3n) is 2.76. The van der Waals surface area contributed by atoms with E-state index in [4.69, 9.17) is 5.11 Å². The lowest BCUT2D eigenvalue weighted by molar-refractivity contribution is 0.296. The van der Waals surface area contributed by atoms with Crippen molar-refractivity contribution in [3.05, 3.63) is 35.6 Å². The molecule has 0 aliphatic rings. The molecule has 18 heavy (non-hydrogen) atoms. The molecule has 1 atom stereocenters. The van der Waals surface area contributed by atoms with Gasteiger partial charge in [0, 0.05) is 24.9 Å². The van der Waals surface area contributed by atoms with E-state index in [-0.39, 0.29) is 12.4 Å². The highest BCUT2D eigenvalue weighted by atomic mass is 32.2. The summed E-state index contributed by atoms with van der Waals surface area (Å²) in [6.07, 6.45) is 1.85. The van der Waals surface area contributed by atoms with Crippen molar-refractivity contribution in [1.29, 1.82) is 0 Å². The molecule has 0 radical (unpaired) electrons. The Morgan fingerprint density at radius 2 is 2.00 bits per heavy atom. The summed E-state index contributed by atoms with van der Waals surface area (Å²) in [5, 5.41) is 12.1. The molecule has 0 saturated heterocycles. The third kappa shape index (κ3) is 5.85. The van der Waals surface area contributed by atoms with Crippen LogP contribution in [-0.4, -0.2) is 29.8 Å². The van der Waals surface area contributed by atoms with Gasteiger partial charge in [-0.3, -0.25) is 0 Å². The molecule has 2 nitrogen and oxygen atoms in total. The van der Waals surface area contributed by atoms with Crippen LogP contribution in [0.2, 0.25) is 0 Å². The molecule has 0 fully saturated rings. The molecule has 1 aromatic rings. The number of halogens is 1. The molecule has 0 saturated carbocycles. The van der Waals surface area contributed by atoms with Crippen molar-refractivity contribution in [2.45, 2.75) is 25.8 Å². The quantitative estimate of drug-likeness (QED) is 0.677. The Kier molecular flexibility index (Phi) is 8.05. The van der Waals surface area contributed by atoms with Gasteiger partial charge in [0.1, 0.15) is 5.82 Å². The standard InChI is InChI=1S/C14H22FNOS/c1-2-14(12-4-6-13(15)7-5-12)16-8-11-18-10-3-9-17/h4-7,14,16-17H,2-3,8-11H2,1H3. The zero-order valence-corrected chi connectivity index (χ0v) is 11.7. The number of nitrogens with one attached hydrogen (secondary N) is 1. The van der Waals surface area contributed by atoms with Gasteiger partial charge in [-0.05, 0) is 36.3 Å². The van der Waals surface area contributed by atoms with E-state index in [1.807, 2.05) is 23.9 Å². The fourth-order valence-electron chi connectivity index (χ4n) is 1.77. The van der Waals surface area contributed by atoms with Crippen LogP contribution in [0.5, 0.6) is 0 Å². The molecular formula is C14H22FNOS. The lowest BCUT2D eigenvalue weighted by Gasteiger charge is -2.17. The number of hydrogen-bond acceptors (Lipinski definition) is 3. The average molecular weight is 271 g/mol. The van der Waals surface area contributed by atoms with Gasteiger partial charge in [-0.2, -0.15) is 11.8 Å². The molecule has 2 N–H and O–H groups in total. The number of hydrogen-bond donors (Lipinski definition) is 2. The second-order valence-corrected chi connectivity index (χ2v) is 5.38. The lowest BCUT2D eigenvalue weighted by Crippen LogP contribution is -2.23. The molecule has 102 valence electrons. The summed E-state index contributed by atoms with van der Waals surface area (Å²) in [5.41, 5.74) is 1.14. The molecule has 4 heteroatoms. The highest BCUT2D eigenvalue weighted by Gasteiger charge is 2.07. The van der Waals surface area contributed by atoms with Gasteiger partial charge in [0.25, 0.3) is 0 Å². The molecule has 1 rings (SSSR count). The number of aliphatic hydroxyl groups excluding tert-OH is 1. The van der Waals surface area contributed by atoms with Crippen molar-refractivity contribution in [1.82, 2.24) is 5.32 Å². The molecule has 0 bridgehead atoms. The minimum Gasteiger partial charge on any atom is -0.396 e. The Balaban J connectivity index is 2.27. The summed E-state index contributed by atoms with van der Waals surface area (Å²) in [5.74, 6) is 1.86. The Bertz CT molecular complexity index is 318. The summed E-state index contributed by atoms with van der Waals surface area (Å²) in [6.45, 7) is 3.33. The van der Waals surface area contributed by atoms with E-state index in [2.05, 4.69) is 12.2 Å². The summed E-state index contributed by atoms with van der Waals surface area (Å²) >= 11 is 1.85. The van der Waals surface area contributed by atoms with Crippen LogP contribution in [0, 0.1) is 5.82 Å². The van der Waals surface area contributed by atoms with Crippen LogP contribution in [0.3, 0.4) is 0 Å². The molecule has 1 aromatic carbocycles. The summed E-state index contributed by atoms with van der Waals surface area (Å²) in [6, 6.07) is 7.00. The number of benzene rings is 1. The SMILES string of the molecule is CCC(NCCSCCCO)c1ccc(F)cc1. The molecule has 0 aliphatic heterocycles. The average Bonchev–Trinajstić information content (AvgIpc) is 2.39. The maximum absolute atomic E-state index is 12.8. The fraction of sp³-hybridized carbons (Fsp3) is 0.571. The van der Waals surface area contributed by atoms with E-state index in [1.165, 1.54) is 12.1 Å². The monoisotopic (exact) mass is 271 g/mol. The van der Waals surface area contributed by atoms with Gasteiger partial charge in [0.05, 0.1) is 0 Å². The fourth-order valence-corrected chi connectivity index (χ4v) is 2.57. The van der Waals surface area contributed by atoms with Gasteiger partial charge >= 0.3 is 0 Å². The summed E-state index contributed by atoms with van der Waals surface area (Å²) in [7, 11) is 0. The Hall–Kier alpha value is -0.580. The van der Waals surface area contributed by atoms with E-state index < -0.39 is 0 Å². The van der Waals surface area contributed by atoms with Gasteiger partial charge in [-0.15, -0.1) is 0 Å². The van der Waals surface area contributed by atoms with E-state index in [1.54, 1.807) is 0 Å². The van der Waals surface area contributed by atoms with E-state index in [0.29, 0.717) is 6.04 Å². The third-order valence-corrected chi connectivity index (χ3v) is 3.83. The maximum atomic E-state index is 12.8. The first-order valence-electron chi connectivity index (χ1n) is 6.45. The van der Waals surface area contributed by atoms with Gasteiger partial charge < -0.3 is 10.4 Å². The van der Waals surface area contributed by atoms with Gasteiger partial charge in [-0.1, -0.05) is 19.1 Å². The Morgan fingerprint density at radius 1 is 1.28 bits per heavy atom. The molecular weight excluding hydrogens is 249 g/mol. The molecule has 0 aromatic heterocycles. The van der Waals surface area contributed by atoms with Gasteiger partial charge in [-0.25, -0.2) is 4.39 Å². The summed E-state index contributed by atoms with van der Waals surface area (Å²) < 4.78 is 12.8. The summed E-state index contributed by atoms with van der Waals surface area (Å²) in [4.78, 5) is 0. The first-order chi connectivity index (χ1) is 8.77. The largest absolute Gasteiger partial charge is 0.396 e. The van der Waals surface area contributed by atoms with Gasteiger partial charge in [0.15, 0.2) is 0 Å². The highest BCUT2D eigenvalue weighted by molar-refractivity contribution is 7.99. The van der Waals surface area contributed by atoms with E-state index in [9.17, 15) is 4.39 Å². The van der Waals surface area contributed by atoms with Crippen LogP contribution in [0.25, 0.3) is 0 Å². The second kappa shape index (κ2) is 9.36. The van der Waals surface area contributed by atoms with Crippen LogP contribution in [0.1, 0.15) is 31.4 Å². The number of rotatable bonds is 9. The number of aliphatic hydroxyl groups is 1. The highest BCUT2D eigenvalue weighted by Crippen LogP contribution is 2.16. The zero-order chi connectivity index (χ0) is 13.2. The minimum atomic E-state index is -0.187.